The summed E-state index contributed by atoms with van der Waals surface area (Å²) in [4.78, 5) is 38.2. The minimum Gasteiger partial charge on any atom is -0.465 e. The first-order valence-corrected chi connectivity index (χ1v) is 9.93. The molecule has 0 aromatic heterocycles. The number of hydrogen-bond acceptors (Lipinski definition) is 5. The van der Waals surface area contributed by atoms with E-state index in [-0.39, 0.29) is 12.4 Å². The van der Waals surface area contributed by atoms with Gasteiger partial charge in [-0.2, -0.15) is 0 Å². The molecule has 2 unspecified atom stereocenters. The van der Waals surface area contributed by atoms with E-state index in [4.69, 9.17) is 9.47 Å². The molecule has 1 saturated carbocycles. The molecule has 0 radical (unpaired) electrons. The minimum atomic E-state index is -1.35. The Morgan fingerprint density at radius 1 is 1.21 bits per heavy atom. The Morgan fingerprint density at radius 2 is 1.89 bits per heavy atom. The number of ether oxygens (including phenoxy) is 2. The summed E-state index contributed by atoms with van der Waals surface area (Å²) >= 11 is 0. The molecule has 154 valence electrons. The topological polar surface area (TPSA) is 81.7 Å². The van der Waals surface area contributed by atoms with Crippen LogP contribution in [0.2, 0.25) is 0 Å². The fourth-order valence-corrected chi connectivity index (χ4v) is 3.72. The Kier molecular flexibility index (Phi) is 7.22. The molecule has 1 N–H and O–H groups in total. The maximum Gasteiger partial charge on any atom is 0.407 e. The van der Waals surface area contributed by atoms with Gasteiger partial charge in [-0.15, -0.1) is 0 Å². The molecule has 2 rings (SSSR count). The van der Waals surface area contributed by atoms with Crippen LogP contribution < -0.4 is 5.32 Å². The van der Waals surface area contributed by atoms with E-state index in [2.05, 4.69) is 5.32 Å². The van der Waals surface area contributed by atoms with Crippen molar-refractivity contribution in [3.8, 4) is 0 Å². The standard InChI is InChI=1S/C22H31NO5/c1-5-27-19(25)22(15-9-12-18(22)24)17(23-20(26)28-21(2,3)4)14-13-16-10-7-6-8-11-16/h6-8,10-11,17H,5,9,12-15H2,1-4H3,(H,23,26). The molecule has 0 bridgehead atoms. The van der Waals surface area contributed by atoms with E-state index in [0.717, 1.165) is 5.56 Å². The number of amides is 1. The summed E-state index contributed by atoms with van der Waals surface area (Å²) in [5.74, 6) is -0.716. The van der Waals surface area contributed by atoms with Crippen molar-refractivity contribution >= 4 is 17.8 Å². The average Bonchev–Trinajstić information content (AvgIpc) is 3.00. The van der Waals surface area contributed by atoms with Gasteiger partial charge in [-0.3, -0.25) is 9.59 Å². The summed E-state index contributed by atoms with van der Waals surface area (Å²) in [6.07, 6.45) is 1.73. The van der Waals surface area contributed by atoms with Crippen molar-refractivity contribution in [1.82, 2.24) is 5.32 Å². The summed E-state index contributed by atoms with van der Waals surface area (Å²) in [7, 11) is 0. The molecule has 6 nitrogen and oxygen atoms in total. The highest BCUT2D eigenvalue weighted by Crippen LogP contribution is 2.41. The van der Waals surface area contributed by atoms with Crippen molar-refractivity contribution in [1.29, 1.82) is 0 Å². The Labute approximate surface area is 167 Å². The van der Waals surface area contributed by atoms with Gasteiger partial charge < -0.3 is 14.8 Å². The van der Waals surface area contributed by atoms with E-state index >= 15 is 0 Å². The van der Waals surface area contributed by atoms with E-state index in [0.29, 0.717) is 32.1 Å². The highest BCUT2D eigenvalue weighted by molar-refractivity contribution is 6.06. The maximum atomic E-state index is 12.9. The molecular formula is C22H31NO5. The average molecular weight is 389 g/mol. The SMILES string of the molecule is CCOC(=O)C1(C(CCc2ccccc2)NC(=O)OC(C)(C)C)CCCC1=O. The number of aryl methyl sites for hydroxylation is 1. The van der Waals surface area contributed by atoms with Gasteiger partial charge >= 0.3 is 12.1 Å². The van der Waals surface area contributed by atoms with Crippen LogP contribution in [0.3, 0.4) is 0 Å². The zero-order chi connectivity index (χ0) is 20.8. The largest absolute Gasteiger partial charge is 0.465 e. The predicted octanol–water partition coefficient (Wildman–Crippen LogP) is 3.82. The summed E-state index contributed by atoms with van der Waals surface area (Å²) in [6, 6.07) is 9.09. The summed E-state index contributed by atoms with van der Waals surface area (Å²) in [5, 5.41) is 2.81. The molecule has 1 aromatic rings. The number of alkyl carbamates (subject to hydrolysis) is 1. The fraction of sp³-hybridized carbons (Fsp3) is 0.591. The zero-order valence-corrected chi connectivity index (χ0v) is 17.2. The van der Waals surface area contributed by atoms with Gasteiger partial charge in [-0.1, -0.05) is 30.3 Å². The molecule has 1 amide bonds. The maximum absolute atomic E-state index is 12.9. The van der Waals surface area contributed by atoms with Crippen molar-refractivity contribution in [3.05, 3.63) is 35.9 Å². The van der Waals surface area contributed by atoms with Crippen LogP contribution in [0, 0.1) is 5.41 Å². The van der Waals surface area contributed by atoms with E-state index in [1.165, 1.54) is 0 Å². The fourth-order valence-electron chi connectivity index (χ4n) is 3.72. The Balaban J connectivity index is 2.29. The molecule has 0 heterocycles. The molecule has 6 heteroatoms. The van der Waals surface area contributed by atoms with Gasteiger partial charge in [-0.25, -0.2) is 4.79 Å². The lowest BCUT2D eigenvalue weighted by molar-refractivity contribution is -0.160. The Morgan fingerprint density at radius 3 is 2.43 bits per heavy atom. The molecule has 0 spiro atoms. The summed E-state index contributed by atoms with van der Waals surface area (Å²) < 4.78 is 10.6. The number of Topliss-reactive ketones (excluding diaryl/α,β-unsaturated/α-hetero) is 1. The normalized spacial score (nSPS) is 20.5. The molecule has 0 saturated heterocycles. The molecule has 1 fully saturated rings. The first-order chi connectivity index (χ1) is 13.2. The lowest BCUT2D eigenvalue weighted by Gasteiger charge is -2.35. The molecule has 0 aliphatic heterocycles. The van der Waals surface area contributed by atoms with Crippen LogP contribution in [0.15, 0.2) is 30.3 Å². The third-order valence-electron chi connectivity index (χ3n) is 4.96. The summed E-state index contributed by atoms with van der Waals surface area (Å²) in [5.41, 5.74) is -0.949. The highest BCUT2D eigenvalue weighted by Gasteiger charge is 2.55. The quantitative estimate of drug-likeness (QED) is 0.566. The van der Waals surface area contributed by atoms with Crippen LogP contribution in [0.5, 0.6) is 0 Å². The van der Waals surface area contributed by atoms with Crippen molar-refractivity contribution < 1.29 is 23.9 Å². The first kappa shape index (κ1) is 21.9. The van der Waals surface area contributed by atoms with Crippen LogP contribution >= 0.6 is 0 Å². The van der Waals surface area contributed by atoms with Crippen molar-refractivity contribution in [2.45, 2.75) is 71.4 Å². The van der Waals surface area contributed by atoms with Crippen LogP contribution in [0.1, 0.15) is 58.9 Å². The molecule has 1 aliphatic rings. The zero-order valence-electron chi connectivity index (χ0n) is 17.2. The Hall–Kier alpha value is -2.37. The van der Waals surface area contributed by atoms with Crippen LogP contribution in [-0.4, -0.2) is 36.1 Å². The number of ketones is 1. The lowest BCUT2D eigenvalue weighted by Crippen LogP contribution is -2.55. The van der Waals surface area contributed by atoms with Gasteiger partial charge in [0.05, 0.1) is 12.6 Å². The number of benzene rings is 1. The number of nitrogens with one attached hydrogen (secondary N) is 1. The van der Waals surface area contributed by atoms with Crippen molar-refractivity contribution in [2.24, 2.45) is 5.41 Å². The van der Waals surface area contributed by atoms with E-state index in [9.17, 15) is 14.4 Å². The second-order valence-corrected chi connectivity index (χ2v) is 8.19. The lowest BCUT2D eigenvalue weighted by atomic mass is 9.75. The molecule has 2 atom stereocenters. The third kappa shape index (κ3) is 5.33. The third-order valence-corrected chi connectivity index (χ3v) is 4.96. The van der Waals surface area contributed by atoms with Crippen molar-refractivity contribution in [2.75, 3.05) is 6.61 Å². The second-order valence-electron chi connectivity index (χ2n) is 8.19. The van der Waals surface area contributed by atoms with Gasteiger partial charge in [-0.05, 0) is 58.9 Å². The smallest absolute Gasteiger partial charge is 0.407 e. The monoisotopic (exact) mass is 389 g/mol. The van der Waals surface area contributed by atoms with Gasteiger partial charge in [0.2, 0.25) is 0 Å². The van der Waals surface area contributed by atoms with Gasteiger partial charge in [0.1, 0.15) is 11.0 Å². The molecule has 28 heavy (non-hydrogen) atoms. The molecule has 1 aromatic carbocycles. The number of carbonyl (C=O) groups is 3. The predicted molar refractivity (Wildman–Crippen MR) is 106 cm³/mol. The van der Waals surface area contributed by atoms with Gasteiger partial charge in [0.25, 0.3) is 0 Å². The van der Waals surface area contributed by atoms with Crippen LogP contribution in [0.4, 0.5) is 4.79 Å². The minimum absolute atomic E-state index is 0.167. The van der Waals surface area contributed by atoms with Crippen LogP contribution in [0.25, 0.3) is 0 Å². The summed E-state index contributed by atoms with van der Waals surface area (Å²) in [6.45, 7) is 7.21. The number of hydrogen-bond donors (Lipinski definition) is 1. The first-order valence-electron chi connectivity index (χ1n) is 9.93. The van der Waals surface area contributed by atoms with Crippen LogP contribution in [-0.2, 0) is 25.5 Å². The highest BCUT2D eigenvalue weighted by atomic mass is 16.6. The van der Waals surface area contributed by atoms with E-state index < -0.39 is 29.1 Å². The Bertz CT molecular complexity index is 695. The molecular weight excluding hydrogens is 358 g/mol. The second kappa shape index (κ2) is 9.22. The number of rotatable bonds is 7. The number of carbonyl (C=O) groups excluding carboxylic acids is 3. The van der Waals surface area contributed by atoms with Gasteiger partial charge in [0.15, 0.2) is 5.78 Å². The molecule has 1 aliphatic carbocycles. The van der Waals surface area contributed by atoms with E-state index in [1.807, 2.05) is 30.3 Å². The van der Waals surface area contributed by atoms with E-state index in [1.54, 1.807) is 27.7 Å². The van der Waals surface area contributed by atoms with Crippen molar-refractivity contribution in [3.63, 3.8) is 0 Å². The van der Waals surface area contributed by atoms with Gasteiger partial charge in [0, 0.05) is 6.42 Å². The number of esters is 1.